The molecule has 16 heteroatoms. The molecule has 0 aromatic heterocycles. The summed E-state index contributed by atoms with van der Waals surface area (Å²) in [4.78, 5) is 26.2. The van der Waals surface area contributed by atoms with Crippen LogP contribution in [-0.4, -0.2) is 83.9 Å². The number of carbonyl (C=O) groups excluding carboxylic acids is 2. The van der Waals surface area contributed by atoms with Crippen LogP contribution in [0.3, 0.4) is 0 Å². The molecule has 1 saturated heterocycles. The standard InChI is InChI=1S/C25H37BN2O5S.C17H26BNO4S/c1-24(2)18-13-22(24)25(27)23(14-18)32-26(33-25)19(11-17-9-10-17)15-21(29)20(28-34(3,30)31)12-16-7-5-4-6-8-16;1-18(21)15(10-14-8-9-14)12-17(20)16(19-24(2,22)23)11-13-6-4-3-5-7-13/h4-8,17-20,22-23,28H,9-15,27H2,1-3H3;3-7,14-16,19,21H,8-12H2,1-2H3/t18-,19+,20?,22-,23+,25-;15-,16?/m01/s1. The summed E-state index contributed by atoms with van der Waals surface area (Å²) in [6, 6.07) is 17.3. The Labute approximate surface area is 346 Å². The monoisotopic (exact) mass is 839 g/mol. The van der Waals surface area contributed by atoms with E-state index in [9.17, 15) is 31.4 Å². The SMILES string of the molecule is CB(O)[C@@H](CC(=O)C(Cc1ccccc1)NS(C)(=O)=O)CC1CC1.CC1(C)[C@@H]2C[C@H]3OB([C@@H](CC(=O)C(Cc4ccccc4)NS(C)(=O)=O)CC4CC4)O[C@@]3(N)[C@H]1C2. The molecule has 8 rings (SSSR count). The smallest absolute Gasteiger partial charge is 0.450 e. The van der Waals surface area contributed by atoms with Crippen molar-refractivity contribution in [3.63, 3.8) is 0 Å². The van der Waals surface area contributed by atoms with Crippen molar-refractivity contribution in [1.82, 2.24) is 9.44 Å². The summed E-state index contributed by atoms with van der Waals surface area (Å²) in [5.41, 5.74) is 8.01. The van der Waals surface area contributed by atoms with Crippen molar-refractivity contribution in [2.24, 2.45) is 34.8 Å². The first-order chi connectivity index (χ1) is 27.2. The van der Waals surface area contributed by atoms with Crippen LogP contribution in [0.4, 0.5) is 0 Å². The van der Waals surface area contributed by atoms with Gasteiger partial charge in [0.2, 0.25) is 20.0 Å². The highest BCUT2D eigenvalue weighted by Crippen LogP contribution is 2.65. The van der Waals surface area contributed by atoms with Crippen molar-refractivity contribution in [2.75, 3.05) is 12.5 Å². The molecule has 2 unspecified atom stereocenters. The van der Waals surface area contributed by atoms with Gasteiger partial charge >= 0.3 is 7.12 Å². The predicted molar refractivity (Wildman–Crippen MR) is 228 cm³/mol. The molecule has 8 atom stereocenters. The van der Waals surface area contributed by atoms with Crippen molar-refractivity contribution in [1.29, 1.82) is 0 Å². The van der Waals surface area contributed by atoms with Crippen LogP contribution in [0.5, 0.6) is 0 Å². The maximum Gasteiger partial charge on any atom is 0.462 e. The summed E-state index contributed by atoms with van der Waals surface area (Å²) in [5, 5.41) is 9.95. The molecule has 2 aromatic carbocycles. The van der Waals surface area contributed by atoms with Crippen LogP contribution in [0, 0.1) is 29.1 Å². The van der Waals surface area contributed by atoms with E-state index in [1.165, 1.54) is 0 Å². The number of Topliss-reactive ketones (excluding diaryl/α,β-unsaturated/α-hetero) is 2. The first-order valence-corrected chi connectivity index (χ1v) is 24.9. The number of nitrogens with two attached hydrogens (primary N) is 1. The molecule has 1 heterocycles. The molecule has 1 aliphatic heterocycles. The molecule has 5 N–H and O–H groups in total. The van der Waals surface area contributed by atoms with Crippen LogP contribution < -0.4 is 15.2 Å². The molecule has 2 bridgehead atoms. The third kappa shape index (κ3) is 12.1. The van der Waals surface area contributed by atoms with Crippen LogP contribution in [0.2, 0.25) is 18.5 Å². The van der Waals surface area contributed by atoms with Crippen LogP contribution in [-0.2, 0) is 51.8 Å². The van der Waals surface area contributed by atoms with E-state index in [0.717, 1.165) is 75.0 Å². The van der Waals surface area contributed by atoms with Gasteiger partial charge in [0.15, 0.2) is 11.6 Å². The van der Waals surface area contributed by atoms with Gasteiger partial charge in [-0.2, -0.15) is 0 Å². The van der Waals surface area contributed by atoms with Gasteiger partial charge in [-0.3, -0.25) is 9.59 Å². The minimum atomic E-state index is -3.55. The molecule has 5 saturated carbocycles. The van der Waals surface area contributed by atoms with Crippen molar-refractivity contribution in [3.05, 3.63) is 71.8 Å². The highest BCUT2D eigenvalue weighted by atomic mass is 32.2. The summed E-state index contributed by atoms with van der Waals surface area (Å²) in [6.45, 7) is 5.68. The lowest BCUT2D eigenvalue weighted by Gasteiger charge is -2.64. The number of rotatable bonds is 20. The van der Waals surface area contributed by atoms with Crippen molar-refractivity contribution < 1.29 is 40.8 Å². The molecule has 12 nitrogen and oxygen atoms in total. The lowest BCUT2D eigenvalue weighted by molar-refractivity contribution is -0.205. The Balaban J connectivity index is 0.000000209. The third-order valence-electron chi connectivity index (χ3n) is 13.4. The molecule has 0 spiro atoms. The first-order valence-electron chi connectivity index (χ1n) is 21.1. The van der Waals surface area contributed by atoms with Crippen molar-refractivity contribution >= 4 is 45.6 Å². The Morgan fingerprint density at radius 1 is 0.828 bits per heavy atom. The Hall–Kier alpha value is -2.43. The molecule has 6 fully saturated rings. The van der Waals surface area contributed by atoms with E-state index in [1.54, 1.807) is 6.82 Å². The van der Waals surface area contributed by atoms with Crippen LogP contribution >= 0.6 is 0 Å². The summed E-state index contributed by atoms with van der Waals surface area (Å²) in [5.74, 6) is 1.50. The fourth-order valence-corrected chi connectivity index (χ4v) is 11.0. The number of hydrogen-bond acceptors (Lipinski definition) is 10. The van der Waals surface area contributed by atoms with E-state index in [-0.39, 0.29) is 53.5 Å². The summed E-state index contributed by atoms with van der Waals surface area (Å²) >= 11 is 0. The largest absolute Gasteiger partial charge is 0.462 e. The number of carbonyl (C=O) groups is 2. The van der Waals surface area contributed by atoms with Gasteiger partial charge in [-0.05, 0) is 72.2 Å². The summed E-state index contributed by atoms with van der Waals surface area (Å²) in [7, 11) is -7.56. The number of sulfonamides is 2. The minimum Gasteiger partial charge on any atom is -0.450 e. The Morgan fingerprint density at radius 2 is 1.31 bits per heavy atom. The topological polar surface area (TPSA) is 191 Å². The van der Waals surface area contributed by atoms with E-state index >= 15 is 0 Å². The normalized spacial score (nSPS) is 26.9. The molecule has 6 aliphatic rings. The average molecular weight is 840 g/mol. The highest BCUT2D eigenvalue weighted by Gasteiger charge is 2.69. The number of nitrogens with one attached hydrogen (secondary N) is 2. The van der Waals surface area contributed by atoms with Gasteiger partial charge in [0.1, 0.15) is 5.72 Å². The zero-order valence-electron chi connectivity index (χ0n) is 34.7. The van der Waals surface area contributed by atoms with Crippen LogP contribution in [0.1, 0.15) is 89.2 Å². The van der Waals surface area contributed by atoms with Crippen LogP contribution in [0.25, 0.3) is 0 Å². The number of ketones is 2. The lowest BCUT2D eigenvalue weighted by atomic mass is 9.45. The fraction of sp³-hybridized carbons (Fsp3) is 0.667. The zero-order chi connectivity index (χ0) is 42.0. The predicted octanol–water partition coefficient (Wildman–Crippen LogP) is 4.79. The van der Waals surface area contributed by atoms with Gasteiger partial charge in [-0.1, -0.05) is 113 Å². The Morgan fingerprint density at radius 3 is 1.76 bits per heavy atom. The quantitative estimate of drug-likeness (QED) is 0.135. The van der Waals surface area contributed by atoms with Gasteiger partial charge in [0.25, 0.3) is 6.92 Å². The van der Waals surface area contributed by atoms with Crippen molar-refractivity contribution in [2.45, 2.75) is 133 Å². The fourth-order valence-electron chi connectivity index (χ4n) is 9.53. The average Bonchev–Trinajstić information content (AvgIpc) is 4.08. The Bertz CT molecular complexity index is 1950. The molecule has 318 valence electrons. The molecular weight excluding hydrogens is 776 g/mol. The van der Waals surface area contributed by atoms with E-state index in [0.29, 0.717) is 30.6 Å². The molecule has 5 aliphatic carbocycles. The van der Waals surface area contributed by atoms with Crippen LogP contribution in [0.15, 0.2) is 60.7 Å². The van der Waals surface area contributed by atoms with Gasteiger partial charge < -0.3 is 20.1 Å². The van der Waals surface area contributed by atoms with Crippen molar-refractivity contribution in [3.8, 4) is 0 Å². The second-order valence-corrected chi connectivity index (χ2v) is 22.3. The van der Waals surface area contributed by atoms with Gasteiger partial charge in [-0.15, -0.1) is 0 Å². The van der Waals surface area contributed by atoms with Gasteiger partial charge in [0, 0.05) is 24.6 Å². The molecule has 0 amide bonds. The summed E-state index contributed by atoms with van der Waals surface area (Å²) < 4.78 is 65.3. The first kappa shape index (κ1) is 45.1. The summed E-state index contributed by atoms with van der Waals surface area (Å²) in [6.07, 6.45) is 11.3. The van der Waals surface area contributed by atoms with E-state index in [4.69, 9.17) is 15.0 Å². The minimum absolute atomic E-state index is 0.107. The highest BCUT2D eigenvalue weighted by molar-refractivity contribution is 7.89. The van der Waals surface area contributed by atoms with Gasteiger partial charge in [0.05, 0.1) is 30.7 Å². The molecular formula is C42H63B2N3O9S2. The van der Waals surface area contributed by atoms with Gasteiger partial charge in [-0.25, -0.2) is 26.3 Å². The molecule has 2 aromatic rings. The second kappa shape index (κ2) is 18.3. The number of hydrogen-bond donors (Lipinski definition) is 4. The van der Waals surface area contributed by atoms with E-state index < -0.39 is 51.9 Å². The maximum atomic E-state index is 13.5. The maximum absolute atomic E-state index is 13.5. The Kier molecular flexibility index (Phi) is 14.2. The molecule has 0 radical (unpaired) electrons. The lowest BCUT2D eigenvalue weighted by Crippen LogP contribution is -2.70. The number of benzene rings is 2. The molecule has 58 heavy (non-hydrogen) atoms. The third-order valence-corrected chi connectivity index (χ3v) is 14.8. The van der Waals surface area contributed by atoms with E-state index in [2.05, 4.69) is 23.3 Å². The van der Waals surface area contributed by atoms with E-state index in [1.807, 2.05) is 60.7 Å². The zero-order valence-corrected chi connectivity index (χ0v) is 36.3. The second-order valence-electron chi connectivity index (χ2n) is 18.7.